The van der Waals surface area contributed by atoms with Crippen molar-refractivity contribution in [2.75, 3.05) is 26.2 Å². The summed E-state index contributed by atoms with van der Waals surface area (Å²) in [5.74, 6) is 0. The number of likely N-dealkylation sites (N-methyl/N-ethyl adjacent to an activating group) is 1. The maximum atomic E-state index is 9.23. The van der Waals surface area contributed by atoms with Crippen molar-refractivity contribution in [2.24, 2.45) is 0 Å². The Kier molecular flexibility index (Phi) is 6.34. The Bertz CT molecular complexity index is 393. The largest absolute Gasteiger partial charge is 0.303 e. The number of nitrogens with one attached hydrogen (secondary N) is 1. The molecule has 0 saturated heterocycles. The minimum absolute atomic E-state index is 0.269. The molecule has 4 nitrogen and oxygen atoms in total. The number of pyridine rings is 1. The van der Waals surface area contributed by atoms with E-state index in [1.807, 2.05) is 13.0 Å². The molecule has 1 N–H and O–H groups in total. The van der Waals surface area contributed by atoms with Crippen LogP contribution in [-0.4, -0.2) is 36.1 Å². The average molecular weight is 246 g/mol. The maximum Gasteiger partial charge on any atom is 0.123 e. The molecule has 18 heavy (non-hydrogen) atoms. The molecule has 0 amide bonds. The second-order valence-electron chi connectivity index (χ2n) is 4.28. The molecule has 0 bridgehead atoms. The van der Waals surface area contributed by atoms with E-state index in [4.69, 9.17) is 0 Å². The van der Waals surface area contributed by atoms with Gasteiger partial charge in [-0.3, -0.25) is 10.3 Å². The van der Waals surface area contributed by atoms with Crippen LogP contribution in [0.2, 0.25) is 0 Å². The van der Waals surface area contributed by atoms with Gasteiger partial charge in [-0.15, -0.1) is 0 Å². The third-order valence-corrected chi connectivity index (χ3v) is 3.19. The number of nitriles is 1. The zero-order valence-corrected chi connectivity index (χ0v) is 11.5. The van der Waals surface area contributed by atoms with Crippen molar-refractivity contribution in [2.45, 2.75) is 26.8 Å². The first-order chi connectivity index (χ1) is 8.72. The molecular formula is C14H22N4. The number of aromatic nitrogens is 1. The predicted octanol–water partition coefficient (Wildman–Crippen LogP) is 1.89. The van der Waals surface area contributed by atoms with Crippen LogP contribution >= 0.6 is 0 Å². The van der Waals surface area contributed by atoms with Gasteiger partial charge in [-0.1, -0.05) is 13.8 Å². The van der Waals surface area contributed by atoms with Crippen molar-refractivity contribution in [1.29, 1.82) is 5.26 Å². The first kappa shape index (κ1) is 14.6. The number of nitrogens with zero attached hydrogens (tertiary/aromatic N) is 3. The minimum atomic E-state index is -0.269. The zero-order valence-electron chi connectivity index (χ0n) is 11.5. The summed E-state index contributed by atoms with van der Waals surface area (Å²) < 4.78 is 0. The highest BCUT2D eigenvalue weighted by Crippen LogP contribution is 2.14. The second-order valence-corrected chi connectivity index (χ2v) is 4.28. The standard InChI is InChI=1S/C14H22N4/c1-4-18(5-2)9-8-17-14(10-15)13-11-16-7-6-12(13)3/h6-7,11,14,17H,4-5,8-9H2,1-3H3. The van der Waals surface area contributed by atoms with Gasteiger partial charge in [-0.05, 0) is 31.6 Å². The van der Waals surface area contributed by atoms with Gasteiger partial charge in [-0.25, -0.2) is 0 Å². The Morgan fingerprint density at radius 1 is 1.44 bits per heavy atom. The van der Waals surface area contributed by atoms with E-state index in [1.54, 1.807) is 12.4 Å². The lowest BCUT2D eigenvalue weighted by Gasteiger charge is -2.20. The van der Waals surface area contributed by atoms with Gasteiger partial charge in [0.05, 0.1) is 6.07 Å². The molecule has 0 aliphatic rings. The quantitative estimate of drug-likeness (QED) is 0.798. The van der Waals surface area contributed by atoms with Crippen molar-refractivity contribution in [3.63, 3.8) is 0 Å². The summed E-state index contributed by atoms with van der Waals surface area (Å²) in [7, 11) is 0. The first-order valence-corrected chi connectivity index (χ1v) is 6.48. The van der Waals surface area contributed by atoms with Crippen LogP contribution in [-0.2, 0) is 0 Å². The summed E-state index contributed by atoms with van der Waals surface area (Å²) in [5.41, 5.74) is 2.08. The Balaban J connectivity index is 2.54. The molecule has 0 radical (unpaired) electrons. The van der Waals surface area contributed by atoms with Gasteiger partial charge in [0.1, 0.15) is 6.04 Å². The summed E-state index contributed by atoms with van der Waals surface area (Å²) in [4.78, 5) is 6.42. The first-order valence-electron chi connectivity index (χ1n) is 6.48. The molecule has 1 unspecified atom stereocenters. The van der Waals surface area contributed by atoms with Crippen LogP contribution in [0.15, 0.2) is 18.5 Å². The van der Waals surface area contributed by atoms with Crippen molar-refractivity contribution < 1.29 is 0 Å². The smallest absolute Gasteiger partial charge is 0.123 e. The predicted molar refractivity (Wildman–Crippen MR) is 73.1 cm³/mol. The Hall–Kier alpha value is -1.44. The van der Waals surface area contributed by atoms with E-state index < -0.39 is 0 Å². The minimum Gasteiger partial charge on any atom is -0.303 e. The Labute approximate surface area is 110 Å². The fraction of sp³-hybridized carbons (Fsp3) is 0.571. The molecule has 1 atom stereocenters. The number of hydrogen-bond donors (Lipinski definition) is 1. The lowest BCUT2D eigenvalue weighted by Crippen LogP contribution is -2.33. The summed E-state index contributed by atoms with van der Waals surface area (Å²) in [6, 6.07) is 3.97. The van der Waals surface area contributed by atoms with E-state index in [0.717, 1.165) is 37.3 Å². The van der Waals surface area contributed by atoms with Crippen LogP contribution in [0, 0.1) is 18.3 Å². The second kappa shape index (κ2) is 7.80. The molecule has 1 aromatic rings. The third-order valence-electron chi connectivity index (χ3n) is 3.19. The lowest BCUT2D eigenvalue weighted by atomic mass is 10.1. The lowest BCUT2D eigenvalue weighted by molar-refractivity contribution is 0.300. The Morgan fingerprint density at radius 2 is 2.17 bits per heavy atom. The molecule has 0 spiro atoms. The van der Waals surface area contributed by atoms with Crippen LogP contribution in [0.1, 0.15) is 31.0 Å². The van der Waals surface area contributed by atoms with E-state index in [9.17, 15) is 5.26 Å². The molecule has 98 valence electrons. The van der Waals surface area contributed by atoms with Crippen molar-refractivity contribution >= 4 is 0 Å². The summed E-state index contributed by atoms with van der Waals surface area (Å²) in [6.45, 7) is 10.2. The van der Waals surface area contributed by atoms with E-state index in [0.29, 0.717) is 0 Å². The van der Waals surface area contributed by atoms with E-state index in [1.165, 1.54) is 0 Å². The summed E-state index contributed by atoms with van der Waals surface area (Å²) in [6.07, 6.45) is 3.52. The number of aryl methyl sites for hydroxylation is 1. The van der Waals surface area contributed by atoms with Crippen LogP contribution in [0.5, 0.6) is 0 Å². The van der Waals surface area contributed by atoms with Crippen LogP contribution < -0.4 is 5.32 Å². The zero-order chi connectivity index (χ0) is 13.4. The third kappa shape index (κ3) is 4.10. The molecule has 0 aromatic carbocycles. The van der Waals surface area contributed by atoms with Crippen molar-refractivity contribution in [3.05, 3.63) is 29.6 Å². The molecular weight excluding hydrogens is 224 g/mol. The van der Waals surface area contributed by atoms with Gasteiger partial charge in [0.25, 0.3) is 0 Å². The summed E-state index contributed by atoms with van der Waals surface area (Å²) in [5, 5.41) is 12.5. The molecule has 0 saturated carbocycles. The van der Waals surface area contributed by atoms with Crippen molar-refractivity contribution in [1.82, 2.24) is 15.2 Å². The van der Waals surface area contributed by atoms with Gasteiger partial charge < -0.3 is 4.90 Å². The number of hydrogen-bond acceptors (Lipinski definition) is 4. The molecule has 0 fully saturated rings. The highest BCUT2D eigenvalue weighted by Gasteiger charge is 2.12. The number of rotatable bonds is 7. The summed E-state index contributed by atoms with van der Waals surface area (Å²) >= 11 is 0. The van der Waals surface area contributed by atoms with Gasteiger partial charge in [0.15, 0.2) is 0 Å². The van der Waals surface area contributed by atoms with Gasteiger partial charge in [0, 0.05) is 31.0 Å². The molecule has 0 aliphatic carbocycles. The van der Waals surface area contributed by atoms with E-state index >= 15 is 0 Å². The van der Waals surface area contributed by atoms with Crippen LogP contribution in [0.4, 0.5) is 0 Å². The van der Waals surface area contributed by atoms with E-state index in [2.05, 4.69) is 35.1 Å². The SMILES string of the molecule is CCN(CC)CCNC(C#N)c1cnccc1C. The van der Waals surface area contributed by atoms with Gasteiger partial charge in [0.2, 0.25) is 0 Å². The van der Waals surface area contributed by atoms with Gasteiger partial charge >= 0.3 is 0 Å². The highest BCUT2D eigenvalue weighted by atomic mass is 15.1. The monoisotopic (exact) mass is 246 g/mol. The fourth-order valence-electron chi connectivity index (χ4n) is 1.91. The molecule has 4 heteroatoms. The molecule has 0 aliphatic heterocycles. The van der Waals surface area contributed by atoms with E-state index in [-0.39, 0.29) is 6.04 Å². The molecule has 1 rings (SSSR count). The average Bonchev–Trinajstić information content (AvgIpc) is 2.40. The van der Waals surface area contributed by atoms with Crippen LogP contribution in [0.3, 0.4) is 0 Å². The van der Waals surface area contributed by atoms with Crippen molar-refractivity contribution in [3.8, 4) is 6.07 Å². The molecule has 1 heterocycles. The molecule has 1 aromatic heterocycles. The maximum absolute atomic E-state index is 9.23. The normalized spacial score (nSPS) is 12.4. The van der Waals surface area contributed by atoms with Gasteiger partial charge in [-0.2, -0.15) is 5.26 Å². The highest BCUT2D eigenvalue weighted by molar-refractivity contribution is 5.28. The van der Waals surface area contributed by atoms with Crippen LogP contribution in [0.25, 0.3) is 0 Å². The fourth-order valence-corrected chi connectivity index (χ4v) is 1.91. The topological polar surface area (TPSA) is 52.0 Å². The Morgan fingerprint density at radius 3 is 2.72 bits per heavy atom.